The number of carbonyl (C=O) groups is 1. The van der Waals surface area contributed by atoms with E-state index in [1.807, 2.05) is 11.9 Å². The Morgan fingerprint density at radius 2 is 2.33 bits per heavy atom. The van der Waals surface area contributed by atoms with Crippen molar-refractivity contribution in [3.8, 4) is 6.07 Å². The number of methoxy groups -OCH3 is 1. The van der Waals surface area contributed by atoms with Gasteiger partial charge in [0.05, 0.1) is 19.1 Å². The lowest BCUT2D eigenvalue weighted by atomic mass is 10.1. The average molecular weight is 211 g/mol. The minimum atomic E-state index is -0.277. The summed E-state index contributed by atoms with van der Waals surface area (Å²) in [5, 5.41) is 8.64. The largest absolute Gasteiger partial charge is 0.383 e. The van der Waals surface area contributed by atoms with Gasteiger partial charge in [-0.25, -0.2) is 0 Å². The van der Waals surface area contributed by atoms with Gasteiger partial charge in [-0.15, -0.1) is 0 Å². The van der Waals surface area contributed by atoms with E-state index in [-0.39, 0.29) is 18.4 Å². The summed E-state index contributed by atoms with van der Waals surface area (Å²) >= 11 is 0. The molecule has 0 saturated carbocycles. The monoisotopic (exact) mass is 211 g/mol. The summed E-state index contributed by atoms with van der Waals surface area (Å²) in [6.07, 6.45) is 0.263. The van der Waals surface area contributed by atoms with E-state index in [9.17, 15) is 4.79 Å². The lowest BCUT2D eigenvalue weighted by Gasteiger charge is -2.37. The number of carbonyl (C=O) groups excluding carboxylic acids is 1. The fourth-order valence-corrected chi connectivity index (χ4v) is 1.70. The molecule has 84 valence electrons. The molecule has 0 aromatic rings. The zero-order valence-electron chi connectivity index (χ0n) is 9.27. The molecule has 0 radical (unpaired) electrons. The van der Waals surface area contributed by atoms with Gasteiger partial charge in [0, 0.05) is 26.7 Å². The molecule has 0 aliphatic carbocycles. The number of rotatable bonds is 4. The molecule has 15 heavy (non-hydrogen) atoms. The van der Waals surface area contributed by atoms with Crippen LogP contribution in [0.1, 0.15) is 6.42 Å². The molecule has 1 heterocycles. The summed E-state index contributed by atoms with van der Waals surface area (Å²) in [4.78, 5) is 15.6. The third-order valence-corrected chi connectivity index (χ3v) is 2.70. The molecule has 5 nitrogen and oxygen atoms in total. The predicted molar refractivity (Wildman–Crippen MR) is 55.1 cm³/mol. The second kappa shape index (κ2) is 5.69. The molecule has 0 bridgehead atoms. The first kappa shape index (κ1) is 12.0. The number of hydrogen-bond donors (Lipinski definition) is 0. The third-order valence-electron chi connectivity index (χ3n) is 2.70. The Balaban J connectivity index is 2.56. The van der Waals surface area contributed by atoms with Crippen molar-refractivity contribution in [3.63, 3.8) is 0 Å². The van der Waals surface area contributed by atoms with Crippen LogP contribution in [-0.2, 0) is 9.53 Å². The van der Waals surface area contributed by atoms with Gasteiger partial charge in [-0.05, 0) is 7.05 Å². The first-order valence-electron chi connectivity index (χ1n) is 5.05. The minimum Gasteiger partial charge on any atom is -0.383 e. The highest BCUT2D eigenvalue weighted by atomic mass is 16.5. The second-order valence-electron chi connectivity index (χ2n) is 3.68. The molecule has 1 rings (SSSR count). The zero-order chi connectivity index (χ0) is 11.3. The van der Waals surface area contributed by atoms with Crippen molar-refractivity contribution in [1.29, 1.82) is 5.26 Å². The first-order valence-corrected chi connectivity index (χ1v) is 5.05. The van der Waals surface area contributed by atoms with Gasteiger partial charge in [0.15, 0.2) is 0 Å². The van der Waals surface area contributed by atoms with E-state index in [0.717, 1.165) is 13.1 Å². The second-order valence-corrected chi connectivity index (χ2v) is 3.68. The van der Waals surface area contributed by atoms with Gasteiger partial charge < -0.3 is 9.64 Å². The molecule has 1 amide bonds. The lowest BCUT2D eigenvalue weighted by molar-refractivity contribution is -0.141. The Morgan fingerprint density at radius 1 is 1.60 bits per heavy atom. The van der Waals surface area contributed by atoms with Gasteiger partial charge in [0.1, 0.15) is 6.04 Å². The quantitative estimate of drug-likeness (QED) is 0.640. The van der Waals surface area contributed by atoms with E-state index >= 15 is 0 Å². The van der Waals surface area contributed by atoms with Crippen molar-refractivity contribution < 1.29 is 9.53 Å². The molecule has 1 unspecified atom stereocenters. The summed E-state index contributed by atoms with van der Waals surface area (Å²) in [5.41, 5.74) is 0. The van der Waals surface area contributed by atoms with Crippen molar-refractivity contribution in [1.82, 2.24) is 9.80 Å². The Morgan fingerprint density at radius 3 is 2.93 bits per heavy atom. The number of amides is 1. The van der Waals surface area contributed by atoms with Crippen LogP contribution in [-0.4, -0.2) is 62.1 Å². The number of nitriles is 1. The summed E-state index contributed by atoms with van der Waals surface area (Å²) in [6, 6.07) is 1.78. The predicted octanol–water partition coefficient (Wildman–Crippen LogP) is -0.311. The van der Waals surface area contributed by atoms with Gasteiger partial charge >= 0.3 is 0 Å². The summed E-state index contributed by atoms with van der Waals surface area (Å²) in [5.74, 6) is 0.0438. The van der Waals surface area contributed by atoms with E-state index in [4.69, 9.17) is 10.00 Å². The van der Waals surface area contributed by atoms with E-state index in [1.54, 1.807) is 12.0 Å². The van der Waals surface area contributed by atoms with Crippen LogP contribution in [0.4, 0.5) is 0 Å². The molecule has 0 N–H and O–H groups in total. The van der Waals surface area contributed by atoms with Gasteiger partial charge in [0.25, 0.3) is 0 Å². The van der Waals surface area contributed by atoms with Crippen LogP contribution in [0, 0.1) is 11.3 Å². The van der Waals surface area contributed by atoms with E-state index in [1.165, 1.54) is 0 Å². The van der Waals surface area contributed by atoms with E-state index in [0.29, 0.717) is 13.2 Å². The fourth-order valence-electron chi connectivity index (χ4n) is 1.70. The van der Waals surface area contributed by atoms with Crippen molar-refractivity contribution in [3.05, 3.63) is 0 Å². The molecule has 1 fully saturated rings. The van der Waals surface area contributed by atoms with Crippen LogP contribution in [0.3, 0.4) is 0 Å². The number of piperazine rings is 1. The van der Waals surface area contributed by atoms with E-state index < -0.39 is 0 Å². The molecule has 5 heteroatoms. The Kier molecular flexibility index (Phi) is 4.53. The molecular formula is C10H17N3O2. The number of hydrogen-bond acceptors (Lipinski definition) is 4. The Labute approximate surface area is 90.2 Å². The fraction of sp³-hybridized carbons (Fsp3) is 0.800. The van der Waals surface area contributed by atoms with Crippen LogP contribution < -0.4 is 0 Å². The van der Waals surface area contributed by atoms with Crippen molar-refractivity contribution in [2.24, 2.45) is 0 Å². The topological polar surface area (TPSA) is 56.6 Å². The van der Waals surface area contributed by atoms with Gasteiger partial charge in [-0.1, -0.05) is 0 Å². The Bertz CT molecular complexity index is 260. The molecule has 0 spiro atoms. The molecule has 1 saturated heterocycles. The lowest BCUT2D eigenvalue weighted by Crippen LogP contribution is -2.56. The van der Waals surface area contributed by atoms with Crippen LogP contribution in [0.5, 0.6) is 0 Å². The standard InChI is InChI=1S/C10H17N3O2/c1-12-5-6-13(7-8-15-2)10(14)9(12)3-4-11/h9H,3,5-8H2,1-2H3. The Hall–Kier alpha value is -1.12. The van der Waals surface area contributed by atoms with Gasteiger partial charge in [-0.2, -0.15) is 5.26 Å². The van der Waals surface area contributed by atoms with Gasteiger partial charge in [-0.3, -0.25) is 9.69 Å². The highest BCUT2D eigenvalue weighted by molar-refractivity contribution is 5.82. The maximum atomic E-state index is 11.9. The number of likely N-dealkylation sites (N-methyl/N-ethyl adjacent to an activating group) is 1. The SMILES string of the molecule is COCCN1CCN(C)C(CC#N)C1=O. The molecule has 1 aliphatic rings. The molecule has 1 aliphatic heterocycles. The van der Waals surface area contributed by atoms with Crippen LogP contribution >= 0.6 is 0 Å². The summed E-state index contributed by atoms with van der Waals surface area (Å²) < 4.78 is 4.94. The molecule has 0 aromatic carbocycles. The van der Waals surface area contributed by atoms with Crippen LogP contribution in [0.25, 0.3) is 0 Å². The summed E-state index contributed by atoms with van der Waals surface area (Å²) in [7, 11) is 3.50. The van der Waals surface area contributed by atoms with Crippen molar-refractivity contribution in [2.75, 3.05) is 40.4 Å². The smallest absolute Gasteiger partial charge is 0.241 e. The third kappa shape index (κ3) is 2.91. The van der Waals surface area contributed by atoms with Crippen molar-refractivity contribution >= 4 is 5.91 Å². The van der Waals surface area contributed by atoms with E-state index in [2.05, 4.69) is 6.07 Å². The molecular weight excluding hydrogens is 194 g/mol. The van der Waals surface area contributed by atoms with Gasteiger partial charge in [0.2, 0.25) is 5.91 Å². The van der Waals surface area contributed by atoms with Crippen LogP contribution in [0.15, 0.2) is 0 Å². The molecule has 0 aromatic heterocycles. The maximum absolute atomic E-state index is 11.9. The normalized spacial score (nSPS) is 22.9. The molecule has 1 atom stereocenters. The first-order chi connectivity index (χ1) is 7.20. The van der Waals surface area contributed by atoms with Crippen molar-refractivity contribution in [2.45, 2.75) is 12.5 Å². The summed E-state index contributed by atoms with van der Waals surface area (Å²) in [6.45, 7) is 2.71. The number of nitrogens with zero attached hydrogens (tertiary/aromatic N) is 3. The minimum absolute atomic E-state index is 0.0438. The average Bonchev–Trinajstić information content (AvgIpc) is 2.23. The maximum Gasteiger partial charge on any atom is 0.241 e. The number of ether oxygens (including phenoxy) is 1. The zero-order valence-corrected chi connectivity index (χ0v) is 9.27. The highest BCUT2D eigenvalue weighted by Crippen LogP contribution is 2.11. The highest BCUT2D eigenvalue weighted by Gasteiger charge is 2.31. The van der Waals surface area contributed by atoms with Crippen LogP contribution in [0.2, 0.25) is 0 Å².